The Morgan fingerprint density at radius 1 is 0.864 bits per heavy atom. The van der Waals surface area contributed by atoms with E-state index >= 15 is 0 Å². The number of aliphatic carboxylic acids is 1. The van der Waals surface area contributed by atoms with Gasteiger partial charge in [0.25, 0.3) is 0 Å². The molecule has 3 heteroatoms. The highest BCUT2D eigenvalue weighted by Crippen LogP contribution is 2.33. The van der Waals surface area contributed by atoms with E-state index in [1.807, 2.05) is 0 Å². The lowest BCUT2D eigenvalue weighted by atomic mass is 9.82. The summed E-state index contributed by atoms with van der Waals surface area (Å²) in [4.78, 5) is 23.4. The number of Topliss-reactive ketones (excluding diaryl/α,β-unsaturated/α-hetero) is 1. The molecule has 1 aromatic rings. The Morgan fingerprint density at radius 3 is 1.64 bits per heavy atom. The van der Waals surface area contributed by atoms with Gasteiger partial charge in [-0.2, -0.15) is 0 Å². The minimum atomic E-state index is -0.927. The van der Waals surface area contributed by atoms with Crippen molar-refractivity contribution in [2.45, 2.75) is 72.1 Å². The Balaban J connectivity index is 3.44. The lowest BCUT2D eigenvalue weighted by molar-refractivity contribution is -0.136. The van der Waals surface area contributed by atoms with Crippen molar-refractivity contribution in [1.29, 1.82) is 0 Å². The Bertz CT molecular complexity index is 525. The Morgan fingerprint density at radius 2 is 1.32 bits per heavy atom. The highest BCUT2D eigenvalue weighted by Gasteiger charge is 2.22. The molecule has 0 aromatic heterocycles. The van der Waals surface area contributed by atoms with Crippen LogP contribution >= 0.6 is 0 Å². The third-order valence-corrected chi connectivity index (χ3v) is 3.98. The average molecular weight is 304 g/mol. The van der Waals surface area contributed by atoms with E-state index in [0.29, 0.717) is 5.92 Å². The maximum absolute atomic E-state index is 12.6. The lowest BCUT2D eigenvalue weighted by Gasteiger charge is -2.22. The lowest BCUT2D eigenvalue weighted by Crippen LogP contribution is -2.13. The summed E-state index contributed by atoms with van der Waals surface area (Å²) in [7, 11) is 0. The van der Waals surface area contributed by atoms with Crippen LogP contribution in [0.4, 0.5) is 0 Å². The van der Waals surface area contributed by atoms with Gasteiger partial charge in [0.2, 0.25) is 0 Å². The first-order valence-corrected chi connectivity index (χ1v) is 8.07. The van der Waals surface area contributed by atoms with Crippen molar-refractivity contribution in [3.05, 3.63) is 34.4 Å². The minimum absolute atomic E-state index is 0.0508. The van der Waals surface area contributed by atoms with Crippen LogP contribution in [0, 0.1) is 0 Å². The fourth-order valence-corrected chi connectivity index (χ4v) is 2.62. The molecule has 0 amide bonds. The van der Waals surface area contributed by atoms with Gasteiger partial charge in [-0.05, 0) is 34.4 Å². The van der Waals surface area contributed by atoms with Crippen molar-refractivity contribution in [3.63, 3.8) is 0 Å². The van der Waals surface area contributed by atoms with Crippen molar-refractivity contribution in [3.8, 4) is 0 Å². The zero-order chi connectivity index (χ0) is 17.0. The summed E-state index contributed by atoms with van der Waals surface area (Å²) >= 11 is 0. The second-order valence-corrected chi connectivity index (χ2v) is 6.86. The van der Waals surface area contributed by atoms with Crippen LogP contribution < -0.4 is 0 Å². The molecular formula is C19H28O3. The van der Waals surface area contributed by atoms with Crippen molar-refractivity contribution < 1.29 is 14.7 Å². The van der Waals surface area contributed by atoms with Gasteiger partial charge in [-0.25, -0.2) is 0 Å². The summed E-state index contributed by atoms with van der Waals surface area (Å²) in [6, 6.07) is 4.24. The fraction of sp³-hybridized carbons (Fsp3) is 0.579. The smallest absolute Gasteiger partial charge is 0.303 e. The van der Waals surface area contributed by atoms with Gasteiger partial charge in [0.15, 0.2) is 5.78 Å². The van der Waals surface area contributed by atoms with Crippen LogP contribution in [0.1, 0.15) is 99.2 Å². The maximum atomic E-state index is 12.6. The number of carboxylic acids is 1. The van der Waals surface area contributed by atoms with Crippen molar-refractivity contribution in [2.75, 3.05) is 0 Å². The summed E-state index contributed by atoms with van der Waals surface area (Å²) in [5.74, 6) is -0.104. The molecule has 0 aliphatic carbocycles. The zero-order valence-electron chi connectivity index (χ0n) is 14.6. The van der Waals surface area contributed by atoms with Crippen LogP contribution in [0.15, 0.2) is 12.1 Å². The molecule has 0 unspecified atom stereocenters. The molecule has 22 heavy (non-hydrogen) atoms. The topological polar surface area (TPSA) is 54.4 Å². The molecule has 1 N–H and O–H groups in total. The molecule has 122 valence electrons. The summed E-state index contributed by atoms with van der Waals surface area (Å²) in [6.07, 6.45) is -0.0460. The van der Waals surface area contributed by atoms with Crippen molar-refractivity contribution in [1.82, 2.24) is 0 Å². The molecule has 0 aliphatic rings. The first kappa shape index (κ1) is 18.4. The van der Waals surface area contributed by atoms with Gasteiger partial charge in [-0.3, -0.25) is 9.59 Å². The SMILES string of the molecule is CC(C)c1cc(C(C)C)c(C(=O)CCC(=O)O)c(C(C)C)c1. The van der Waals surface area contributed by atoms with Crippen LogP contribution in [0.5, 0.6) is 0 Å². The zero-order valence-corrected chi connectivity index (χ0v) is 14.6. The normalized spacial score (nSPS) is 11.5. The molecule has 1 rings (SSSR count). The quantitative estimate of drug-likeness (QED) is 0.713. The molecule has 0 radical (unpaired) electrons. The number of carbonyl (C=O) groups excluding carboxylic acids is 1. The van der Waals surface area contributed by atoms with Gasteiger partial charge in [0.05, 0.1) is 6.42 Å². The number of benzene rings is 1. The predicted octanol–water partition coefficient (Wildman–Crippen LogP) is 5.10. The average Bonchev–Trinajstić information content (AvgIpc) is 2.42. The molecular weight excluding hydrogens is 276 g/mol. The monoisotopic (exact) mass is 304 g/mol. The van der Waals surface area contributed by atoms with E-state index in [0.717, 1.165) is 16.7 Å². The second-order valence-electron chi connectivity index (χ2n) is 6.86. The molecule has 1 aromatic carbocycles. The highest BCUT2D eigenvalue weighted by atomic mass is 16.4. The number of carboxylic acid groups (broad SMARTS) is 1. The number of rotatable bonds is 7. The second kappa shape index (κ2) is 7.57. The summed E-state index contributed by atoms with van der Waals surface area (Å²) < 4.78 is 0. The first-order valence-electron chi connectivity index (χ1n) is 8.07. The van der Waals surface area contributed by atoms with E-state index in [-0.39, 0.29) is 30.5 Å². The Kier molecular flexibility index (Phi) is 6.34. The third-order valence-electron chi connectivity index (χ3n) is 3.98. The molecule has 0 aliphatic heterocycles. The van der Waals surface area contributed by atoms with Crippen LogP contribution in [0.3, 0.4) is 0 Å². The van der Waals surface area contributed by atoms with E-state index in [2.05, 4.69) is 53.7 Å². The minimum Gasteiger partial charge on any atom is -0.481 e. The Labute approximate surface area is 133 Å². The maximum Gasteiger partial charge on any atom is 0.303 e. The molecule has 0 atom stereocenters. The van der Waals surface area contributed by atoms with Gasteiger partial charge < -0.3 is 5.11 Å². The van der Waals surface area contributed by atoms with Crippen LogP contribution in [-0.4, -0.2) is 16.9 Å². The van der Waals surface area contributed by atoms with E-state index in [4.69, 9.17) is 5.11 Å². The van der Waals surface area contributed by atoms with E-state index in [1.165, 1.54) is 5.56 Å². The van der Waals surface area contributed by atoms with Gasteiger partial charge in [0, 0.05) is 12.0 Å². The largest absolute Gasteiger partial charge is 0.481 e. The fourth-order valence-electron chi connectivity index (χ4n) is 2.62. The van der Waals surface area contributed by atoms with Gasteiger partial charge in [0.1, 0.15) is 0 Å². The summed E-state index contributed by atoms with van der Waals surface area (Å²) in [5.41, 5.74) is 4.08. The molecule has 0 saturated heterocycles. The summed E-state index contributed by atoms with van der Waals surface area (Å²) in [5, 5.41) is 8.83. The van der Waals surface area contributed by atoms with Crippen molar-refractivity contribution >= 4 is 11.8 Å². The molecule has 0 spiro atoms. The molecule has 0 heterocycles. The van der Waals surface area contributed by atoms with Gasteiger partial charge >= 0.3 is 5.97 Å². The molecule has 3 nitrogen and oxygen atoms in total. The van der Waals surface area contributed by atoms with E-state index < -0.39 is 5.97 Å². The van der Waals surface area contributed by atoms with Gasteiger partial charge in [-0.1, -0.05) is 53.7 Å². The van der Waals surface area contributed by atoms with E-state index in [9.17, 15) is 9.59 Å². The van der Waals surface area contributed by atoms with Crippen LogP contribution in [0.25, 0.3) is 0 Å². The van der Waals surface area contributed by atoms with Crippen molar-refractivity contribution in [2.24, 2.45) is 0 Å². The molecule has 0 fully saturated rings. The number of carbonyl (C=O) groups is 2. The Hall–Kier alpha value is -1.64. The number of hydrogen-bond donors (Lipinski definition) is 1. The molecule has 0 saturated carbocycles. The summed E-state index contributed by atoms with van der Waals surface area (Å²) in [6.45, 7) is 12.6. The standard InChI is InChI=1S/C19H28O3/c1-11(2)14-9-15(12(3)4)19(16(10-14)13(5)6)17(20)7-8-18(21)22/h9-13H,7-8H2,1-6H3,(H,21,22). The highest BCUT2D eigenvalue weighted by molar-refractivity contribution is 6.00. The predicted molar refractivity (Wildman–Crippen MR) is 89.9 cm³/mol. The van der Waals surface area contributed by atoms with Crippen LogP contribution in [-0.2, 0) is 4.79 Å². The van der Waals surface area contributed by atoms with E-state index in [1.54, 1.807) is 0 Å². The molecule has 0 bridgehead atoms. The third kappa shape index (κ3) is 4.43. The number of ketones is 1. The van der Waals surface area contributed by atoms with Gasteiger partial charge in [-0.15, -0.1) is 0 Å². The van der Waals surface area contributed by atoms with Crippen LogP contribution in [0.2, 0.25) is 0 Å². The number of hydrogen-bond acceptors (Lipinski definition) is 2. The first-order chi connectivity index (χ1) is 10.1.